The maximum Gasteiger partial charge on any atom is 0.146 e. The van der Waals surface area contributed by atoms with Crippen molar-refractivity contribution in [3.8, 4) is 5.75 Å². The fourth-order valence-electron chi connectivity index (χ4n) is 2.82. The molecule has 2 aromatic rings. The first-order chi connectivity index (χ1) is 9.76. The largest absolute Gasteiger partial charge is 0.486 e. The highest BCUT2D eigenvalue weighted by Crippen LogP contribution is 2.26. The molecule has 106 valence electrons. The van der Waals surface area contributed by atoms with Gasteiger partial charge in [-0.25, -0.2) is 0 Å². The van der Waals surface area contributed by atoms with Crippen molar-refractivity contribution in [2.24, 2.45) is 0 Å². The molecule has 1 N–H and O–H groups in total. The Hall–Kier alpha value is -1.74. The van der Waals surface area contributed by atoms with Gasteiger partial charge in [0, 0.05) is 12.1 Å². The molecule has 1 aliphatic rings. The summed E-state index contributed by atoms with van der Waals surface area (Å²) in [5, 5.41) is 3.14. The third-order valence-corrected chi connectivity index (χ3v) is 3.89. The molecule has 3 rings (SSSR count). The predicted octanol–water partition coefficient (Wildman–Crippen LogP) is 3.38. The van der Waals surface area contributed by atoms with Gasteiger partial charge in [0.05, 0.1) is 0 Å². The topological polar surface area (TPSA) is 34.4 Å². The van der Waals surface area contributed by atoms with Gasteiger partial charge >= 0.3 is 0 Å². The fourth-order valence-corrected chi connectivity index (χ4v) is 2.82. The van der Waals surface area contributed by atoms with Crippen LogP contribution in [0.4, 0.5) is 0 Å². The standard InChI is InChI=1S/C17H21NO2/c1-12-15(10-18-2)9-17(20-12)11-19-16-7-6-13-4-3-5-14(13)8-16/h6-9,18H,3-5,10-11H2,1-2H3. The Morgan fingerprint density at radius 3 is 2.90 bits per heavy atom. The summed E-state index contributed by atoms with van der Waals surface area (Å²) in [5.41, 5.74) is 4.11. The van der Waals surface area contributed by atoms with Crippen LogP contribution in [0.25, 0.3) is 0 Å². The second-order valence-electron chi connectivity index (χ2n) is 5.40. The Balaban J connectivity index is 1.66. The van der Waals surface area contributed by atoms with Crippen LogP contribution in [0.5, 0.6) is 5.75 Å². The number of rotatable bonds is 5. The minimum absolute atomic E-state index is 0.489. The molecule has 1 aromatic heterocycles. The summed E-state index contributed by atoms with van der Waals surface area (Å²) in [4.78, 5) is 0. The van der Waals surface area contributed by atoms with E-state index >= 15 is 0 Å². The number of nitrogens with one attached hydrogen (secondary N) is 1. The van der Waals surface area contributed by atoms with Crippen molar-refractivity contribution < 1.29 is 9.15 Å². The lowest BCUT2D eigenvalue weighted by molar-refractivity contribution is 0.267. The van der Waals surface area contributed by atoms with Gasteiger partial charge in [-0.2, -0.15) is 0 Å². The van der Waals surface area contributed by atoms with E-state index in [1.54, 1.807) is 0 Å². The summed E-state index contributed by atoms with van der Waals surface area (Å²) < 4.78 is 11.6. The van der Waals surface area contributed by atoms with Crippen molar-refractivity contribution in [3.63, 3.8) is 0 Å². The number of hydrogen-bond acceptors (Lipinski definition) is 3. The van der Waals surface area contributed by atoms with Crippen molar-refractivity contribution in [1.29, 1.82) is 0 Å². The van der Waals surface area contributed by atoms with Gasteiger partial charge in [0.2, 0.25) is 0 Å². The molecule has 1 aromatic carbocycles. The van der Waals surface area contributed by atoms with E-state index in [0.717, 1.165) is 23.8 Å². The summed E-state index contributed by atoms with van der Waals surface area (Å²) in [6.07, 6.45) is 3.66. The molecular weight excluding hydrogens is 250 g/mol. The van der Waals surface area contributed by atoms with Crippen LogP contribution >= 0.6 is 0 Å². The highest BCUT2D eigenvalue weighted by Gasteiger charge is 2.12. The van der Waals surface area contributed by atoms with E-state index in [4.69, 9.17) is 9.15 Å². The summed E-state index contributed by atoms with van der Waals surface area (Å²) >= 11 is 0. The van der Waals surface area contributed by atoms with Crippen molar-refractivity contribution in [2.45, 2.75) is 39.3 Å². The van der Waals surface area contributed by atoms with Crippen LogP contribution in [0, 0.1) is 6.92 Å². The SMILES string of the molecule is CNCc1cc(COc2ccc3c(c2)CCC3)oc1C. The van der Waals surface area contributed by atoms with Gasteiger partial charge in [-0.05, 0) is 62.6 Å². The van der Waals surface area contributed by atoms with Crippen molar-refractivity contribution in [3.05, 3.63) is 52.5 Å². The molecule has 1 aliphatic carbocycles. The third kappa shape index (κ3) is 2.73. The molecule has 0 aliphatic heterocycles. The number of hydrogen-bond donors (Lipinski definition) is 1. The first-order valence-corrected chi connectivity index (χ1v) is 7.23. The van der Waals surface area contributed by atoms with Gasteiger partial charge in [-0.1, -0.05) is 6.07 Å². The first-order valence-electron chi connectivity index (χ1n) is 7.23. The van der Waals surface area contributed by atoms with Gasteiger partial charge in [0.15, 0.2) is 0 Å². The second kappa shape index (κ2) is 5.71. The Bertz CT molecular complexity index is 601. The molecule has 0 atom stereocenters. The van der Waals surface area contributed by atoms with Gasteiger partial charge in [0.1, 0.15) is 23.9 Å². The van der Waals surface area contributed by atoms with Crippen LogP contribution in [0.1, 0.15) is 34.6 Å². The highest BCUT2D eigenvalue weighted by molar-refractivity contribution is 5.38. The lowest BCUT2D eigenvalue weighted by atomic mass is 10.1. The number of aryl methyl sites for hydroxylation is 3. The zero-order valence-corrected chi connectivity index (χ0v) is 12.2. The van der Waals surface area contributed by atoms with Gasteiger partial charge in [-0.3, -0.25) is 0 Å². The third-order valence-electron chi connectivity index (χ3n) is 3.89. The molecule has 20 heavy (non-hydrogen) atoms. The lowest BCUT2D eigenvalue weighted by Gasteiger charge is -2.06. The Morgan fingerprint density at radius 1 is 1.20 bits per heavy atom. The lowest BCUT2D eigenvalue weighted by Crippen LogP contribution is -2.04. The summed E-state index contributed by atoms with van der Waals surface area (Å²) in [6, 6.07) is 8.50. The van der Waals surface area contributed by atoms with E-state index in [0.29, 0.717) is 6.61 Å². The van der Waals surface area contributed by atoms with Crippen LogP contribution < -0.4 is 10.1 Å². The number of benzene rings is 1. The van der Waals surface area contributed by atoms with Crippen LogP contribution in [0.15, 0.2) is 28.7 Å². The van der Waals surface area contributed by atoms with Crippen molar-refractivity contribution in [1.82, 2.24) is 5.32 Å². The molecule has 1 heterocycles. The molecule has 0 amide bonds. The average molecular weight is 271 g/mol. The van der Waals surface area contributed by atoms with E-state index in [2.05, 4.69) is 29.6 Å². The minimum Gasteiger partial charge on any atom is -0.486 e. The number of fused-ring (bicyclic) bond motifs is 1. The van der Waals surface area contributed by atoms with Gasteiger partial charge in [0.25, 0.3) is 0 Å². The number of ether oxygens (including phenoxy) is 1. The Kier molecular flexibility index (Phi) is 3.79. The van der Waals surface area contributed by atoms with Crippen LogP contribution in [0.2, 0.25) is 0 Å². The highest BCUT2D eigenvalue weighted by atomic mass is 16.5. The van der Waals surface area contributed by atoms with E-state index in [1.165, 1.54) is 36.0 Å². The summed E-state index contributed by atoms with van der Waals surface area (Å²) in [6.45, 7) is 3.31. The molecule has 0 fully saturated rings. The van der Waals surface area contributed by atoms with Crippen LogP contribution in [-0.2, 0) is 26.0 Å². The van der Waals surface area contributed by atoms with E-state index in [9.17, 15) is 0 Å². The fraction of sp³-hybridized carbons (Fsp3) is 0.412. The average Bonchev–Trinajstić information content (AvgIpc) is 3.03. The van der Waals surface area contributed by atoms with Crippen molar-refractivity contribution in [2.75, 3.05) is 7.05 Å². The normalized spacial score (nSPS) is 13.5. The summed E-state index contributed by atoms with van der Waals surface area (Å²) in [5.74, 6) is 2.79. The molecule has 3 nitrogen and oxygen atoms in total. The van der Waals surface area contributed by atoms with E-state index in [-0.39, 0.29) is 0 Å². The molecule has 3 heteroatoms. The maximum atomic E-state index is 5.85. The Labute approximate surface area is 119 Å². The first kappa shape index (κ1) is 13.3. The molecule has 0 saturated carbocycles. The quantitative estimate of drug-likeness (QED) is 0.905. The minimum atomic E-state index is 0.489. The molecule has 0 radical (unpaired) electrons. The second-order valence-corrected chi connectivity index (χ2v) is 5.40. The summed E-state index contributed by atoms with van der Waals surface area (Å²) in [7, 11) is 1.94. The van der Waals surface area contributed by atoms with Crippen LogP contribution in [-0.4, -0.2) is 7.05 Å². The molecule has 0 spiro atoms. The molecule has 0 saturated heterocycles. The van der Waals surface area contributed by atoms with E-state index in [1.807, 2.05) is 14.0 Å². The van der Waals surface area contributed by atoms with E-state index < -0.39 is 0 Å². The van der Waals surface area contributed by atoms with Gasteiger partial charge in [-0.15, -0.1) is 0 Å². The molecule has 0 bridgehead atoms. The Morgan fingerprint density at radius 2 is 2.05 bits per heavy atom. The van der Waals surface area contributed by atoms with Crippen LogP contribution in [0.3, 0.4) is 0 Å². The maximum absolute atomic E-state index is 5.85. The predicted molar refractivity (Wildman–Crippen MR) is 79.0 cm³/mol. The van der Waals surface area contributed by atoms with Crippen molar-refractivity contribution >= 4 is 0 Å². The molecule has 0 unspecified atom stereocenters. The molecular formula is C17H21NO2. The smallest absolute Gasteiger partial charge is 0.146 e. The van der Waals surface area contributed by atoms with Gasteiger partial charge < -0.3 is 14.5 Å². The zero-order chi connectivity index (χ0) is 13.9. The monoisotopic (exact) mass is 271 g/mol. The number of furan rings is 1. The zero-order valence-electron chi connectivity index (χ0n) is 12.2.